The van der Waals surface area contributed by atoms with Crippen molar-refractivity contribution < 1.29 is 14.6 Å². The smallest absolute Gasteiger partial charge is 0.191 e. The van der Waals surface area contributed by atoms with Crippen molar-refractivity contribution in [1.82, 2.24) is 10.6 Å². The minimum atomic E-state index is 0.126. The van der Waals surface area contributed by atoms with Gasteiger partial charge in [-0.25, -0.2) is 4.99 Å². The predicted molar refractivity (Wildman–Crippen MR) is 104 cm³/mol. The van der Waals surface area contributed by atoms with Gasteiger partial charge in [0.15, 0.2) is 17.5 Å². The third kappa shape index (κ3) is 6.29. The second kappa shape index (κ2) is 11.0. The second-order valence-corrected chi connectivity index (χ2v) is 5.63. The number of aromatic hydroxyl groups is 1. The van der Waals surface area contributed by atoms with Crippen LogP contribution in [0.5, 0.6) is 11.5 Å². The van der Waals surface area contributed by atoms with Crippen molar-refractivity contribution in [3.8, 4) is 11.5 Å². The van der Waals surface area contributed by atoms with Gasteiger partial charge in [-0.2, -0.15) is 0 Å². The standard InChI is InChI=1S/C20H27N3O3/c1-3-21-20(22-12-13-26-15-16-8-5-4-6-9-16)23-14-17-10-7-11-18(25-2)19(17)24/h4-11,24H,3,12-15H2,1-2H3,(H2,21,22,23). The van der Waals surface area contributed by atoms with Crippen LogP contribution >= 0.6 is 0 Å². The first-order valence-electron chi connectivity index (χ1n) is 8.73. The SMILES string of the molecule is CCNC(=NCc1cccc(OC)c1O)NCCOCc1ccccc1. The van der Waals surface area contributed by atoms with Gasteiger partial charge in [0.1, 0.15) is 0 Å². The van der Waals surface area contributed by atoms with Gasteiger partial charge in [0, 0.05) is 18.7 Å². The van der Waals surface area contributed by atoms with Crippen LogP contribution in [-0.4, -0.2) is 37.9 Å². The first-order valence-corrected chi connectivity index (χ1v) is 8.73. The lowest BCUT2D eigenvalue weighted by Gasteiger charge is -2.12. The molecular formula is C20H27N3O3. The molecule has 0 aliphatic carbocycles. The molecule has 0 radical (unpaired) electrons. The molecule has 0 bridgehead atoms. The first kappa shape index (κ1) is 19.6. The maximum Gasteiger partial charge on any atom is 0.191 e. The average Bonchev–Trinajstić information content (AvgIpc) is 2.67. The summed E-state index contributed by atoms with van der Waals surface area (Å²) in [6.45, 7) is 4.91. The number of hydrogen-bond donors (Lipinski definition) is 3. The van der Waals surface area contributed by atoms with Gasteiger partial charge in [-0.3, -0.25) is 0 Å². The van der Waals surface area contributed by atoms with Crippen LogP contribution in [0.3, 0.4) is 0 Å². The Kier molecular flexibility index (Phi) is 8.29. The number of rotatable bonds is 9. The molecule has 0 saturated heterocycles. The molecule has 26 heavy (non-hydrogen) atoms. The van der Waals surface area contributed by atoms with E-state index in [1.165, 1.54) is 7.11 Å². The van der Waals surface area contributed by atoms with Crippen LogP contribution in [0.2, 0.25) is 0 Å². The van der Waals surface area contributed by atoms with E-state index in [9.17, 15) is 5.11 Å². The summed E-state index contributed by atoms with van der Waals surface area (Å²) >= 11 is 0. The molecule has 0 unspecified atom stereocenters. The van der Waals surface area contributed by atoms with Crippen molar-refractivity contribution in [2.75, 3.05) is 26.8 Å². The molecule has 140 valence electrons. The van der Waals surface area contributed by atoms with Crippen LogP contribution in [-0.2, 0) is 17.9 Å². The Morgan fingerprint density at radius 2 is 1.88 bits per heavy atom. The highest BCUT2D eigenvalue weighted by molar-refractivity contribution is 5.79. The summed E-state index contributed by atoms with van der Waals surface area (Å²) in [6, 6.07) is 15.5. The van der Waals surface area contributed by atoms with Crippen molar-refractivity contribution in [2.45, 2.75) is 20.1 Å². The molecule has 3 N–H and O–H groups in total. The average molecular weight is 357 g/mol. The Morgan fingerprint density at radius 3 is 2.62 bits per heavy atom. The van der Waals surface area contributed by atoms with E-state index in [1.807, 2.05) is 49.4 Å². The van der Waals surface area contributed by atoms with Gasteiger partial charge in [0.2, 0.25) is 0 Å². The third-order valence-electron chi connectivity index (χ3n) is 3.70. The number of phenols is 1. The van der Waals surface area contributed by atoms with Crippen molar-refractivity contribution in [1.29, 1.82) is 0 Å². The molecule has 0 spiro atoms. The molecule has 0 atom stereocenters. The van der Waals surface area contributed by atoms with E-state index < -0.39 is 0 Å². The van der Waals surface area contributed by atoms with Crippen molar-refractivity contribution in [2.24, 2.45) is 4.99 Å². The Hall–Kier alpha value is -2.73. The second-order valence-electron chi connectivity index (χ2n) is 5.63. The predicted octanol–water partition coefficient (Wildman–Crippen LogP) is 2.67. The van der Waals surface area contributed by atoms with Crippen LogP contribution < -0.4 is 15.4 Å². The van der Waals surface area contributed by atoms with Crippen LogP contribution in [0.4, 0.5) is 0 Å². The molecule has 0 aromatic heterocycles. The lowest BCUT2D eigenvalue weighted by atomic mass is 10.2. The largest absolute Gasteiger partial charge is 0.504 e. The number of guanidine groups is 1. The Morgan fingerprint density at radius 1 is 1.08 bits per heavy atom. The van der Waals surface area contributed by atoms with Gasteiger partial charge < -0.3 is 25.2 Å². The lowest BCUT2D eigenvalue weighted by molar-refractivity contribution is 0.125. The fraction of sp³-hybridized carbons (Fsp3) is 0.350. The van der Waals surface area contributed by atoms with Gasteiger partial charge >= 0.3 is 0 Å². The van der Waals surface area contributed by atoms with Gasteiger partial charge in [-0.1, -0.05) is 42.5 Å². The van der Waals surface area contributed by atoms with Gasteiger partial charge in [0.25, 0.3) is 0 Å². The maximum atomic E-state index is 10.1. The first-order chi connectivity index (χ1) is 12.7. The molecule has 6 heteroatoms. The molecule has 0 amide bonds. The summed E-state index contributed by atoms with van der Waals surface area (Å²) in [5.41, 5.74) is 1.86. The number of nitrogens with one attached hydrogen (secondary N) is 2. The molecule has 0 heterocycles. The summed E-state index contributed by atoms with van der Waals surface area (Å²) < 4.78 is 10.8. The minimum Gasteiger partial charge on any atom is -0.504 e. The molecule has 0 fully saturated rings. The summed E-state index contributed by atoms with van der Waals surface area (Å²) in [5, 5.41) is 16.5. The number of benzene rings is 2. The van der Waals surface area contributed by atoms with E-state index in [2.05, 4.69) is 15.6 Å². The van der Waals surface area contributed by atoms with Crippen LogP contribution in [0, 0.1) is 0 Å². The highest BCUT2D eigenvalue weighted by Gasteiger charge is 2.07. The van der Waals surface area contributed by atoms with Crippen molar-refractivity contribution >= 4 is 5.96 Å². The van der Waals surface area contributed by atoms with E-state index in [4.69, 9.17) is 9.47 Å². The number of ether oxygens (including phenoxy) is 2. The molecule has 2 rings (SSSR count). The summed E-state index contributed by atoms with van der Waals surface area (Å²) in [4.78, 5) is 4.50. The van der Waals surface area contributed by atoms with E-state index in [0.717, 1.165) is 12.1 Å². The topological polar surface area (TPSA) is 75.1 Å². The summed E-state index contributed by atoms with van der Waals surface area (Å²) in [6.07, 6.45) is 0. The minimum absolute atomic E-state index is 0.126. The number of methoxy groups -OCH3 is 1. The molecule has 0 aliphatic rings. The Bertz CT molecular complexity index is 690. The summed E-state index contributed by atoms with van der Waals surface area (Å²) in [7, 11) is 1.53. The molecular weight excluding hydrogens is 330 g/mol. The zero-order valence-electron chi connectivity index (χ0n) is 15.4. The number of nitrogens with zero attached hydrogens (tertiary/aromatic N) is 1. The van der Waals surface area contributed by atoms with E-state index in [1.54, 1.807) is 6.07 Å². The fourth-order valence-electron chi connectivity index (χ4n) is 2.37. The van der Waals surface area contributed by atoms with Gasteiger partial charge in [-0.15, -0.1) is 0 Å². The molecule has 0 saturated carbocycles. The van der Waals surface area contributed by atoms with E-state index in [-0.39, 0.29) is 5.75 Å². The van der Waals surface area contributed by atoms with Crippen molar-refractivity contribution in [3.63, 3.8) is 0 Å². The Labute approximate surface area is 154 Å². The molecule has 2 aromatic rings. The number of hydrogen-bond acceptors (Lipinski definition) is 4. The molecule has 6 nitrogen and oxygen atoms in total. The third-order valence-corrected chi connectivity index (χ3v) is 3.70. The zero-order valence-corrected chi connectivity index (χ0v) is 15.4. The highest BCUT2D eigenvalue weighted by atomic mass is 16.5. The number of phenolic OH excluding ortho intramolecular Hbond substituents is 1. The number of para-hydroxylation sites is 1. The van der Waals surface area contributed by atoms with Crippen LogP contribution in [0.15, 0.2) is 53.5 Å². The normalized spacial score (nSPS) is 11.2. The summed E-state index contributed by atoms with van der Waals surface area (Å²) in [5.74, 6) is 1.25. The van der Waals surface area contributed by atoms with Crippen molar-refractivity contribution in [3.05, 3.63) is 59.7 Å². The quantitative estimate of drug-likeness (QED) is 0.365. The lowest BCUT2D eigenvalue weighted by Crippen LogP contribution is -2.38. The molecule has 2 aromatic carbocycles. The zero-order chi connectivity index (χ0) is 18.6. The Balaban J connectivity index is 1.81. The highest BCUT2D eigenvalue weighted by Crippen LogP contribution is 2.29. The van der Waals surface area contributed by atoms with Crippen LogP contribution in [0.1, 0.15) is 18.1 Å². The number of aliphatic imine (C=N–C) groups is 1. The maximum absolute atomic E-state index is 10.1. The van der Waals surface area contributed by atoms with E-state index >= 15 is 0 Å². The molecule has 0 aliphatic heterocycles. The van der Waals surface area contributed by atoms with Crippen LogP contribution in [0.25, 0.3) is 0 Å². The van der Waals surface area contributed by atoms with E-state index in [0.29, 0.717) is 43.6 Å². The fourth-order valence-corrected chi connectivity index (χ4v) is 2.37. The van der Waals surface area contributed by atoms with Gasteiger partial charge in [-0.05, 0) is 18.6 Å². The van der Waals surface area contributed by atoms with Gasteiger partial charge in [0.05, 0.1) is 26.9 Å². The monoisotopic (exact) mass is 357 g/mol.